The van der Waals surface area contributed by atoms with Crippen LogP contribution in [-0.2, 0) is 0 Å². The van der Waals surface area contributed by atoms with Gasteiger partial charge in [-0.1, -0.05) is 18.2 Å². The maximum Gasteiger partial charge on any atom is 0.131 e. The summed E-state index contributed by atoms with van der Waals surface area (Å²) >= 11 is 0. The van der Waals surface area contributed by atoms with Gasteiger partial charge in [0.25, 0.3) is 0 Å². The van der Waals surface area contributed by atoms with Gasteiger partial charge < -0.3 is 10.1 Å². The van der Waals surface area contributed by atoms with E-state index in [1.165, 1.54) is 18.4 Å². The number of rotatable bonds is 4. The second-order valence-corrected chi connectivity index (χ2v) is 6.37. The van der Waals surface area contributed by atoms with E-state index in [0.717, 1.165) is 25.4 Å². The molecule has 1 aromatic heterocycles. The van der Waals surface area contributed by atoms with E-state index in [4.69, 9.17) is 4.74 Å². The lowest BCUT2D eigenvalue weighted by molar-refractivity contribution is -0.0797. The number of aromatic nitrogens is 1. The molecule has 0 radical (unpaired) electrons. The molecule has 4 rings (SSSR count). The Balaban J connectivity index is 1.53. The van der Waals surface area contributed by atoms with Crippen molar-refractivity contribution in [1.82, 2.24) is 15.2 Å². The van der Waals surface area contributed by atoms with Crippen LogP contribution in [-0.4, -0.2) is 41.7 Å². The van der Waals surface area contributed by atoms with Crippen molar-refractivity contribution in [2.24, 2.45) is 0 Å². The van der Waals surface area contributed by atoms with Crippen LogP contribution in [0.3, 0.4) is 0 Å². The number of hydrogen-bond acceptors (Lipinski definition) is 4. The first-order chi connectivity index (χ1) is 11.4. The molecule has 0 unspecified atom stereocenters. The molecule has 2 aliphatic heterocycles. The summed E-state index contributed by atoms with van der Waals surface area (Å²) in [4.78, 5) is 6.78. The first-order valence-electron chi connectivity index (χ1n) is 8.50. The molecule has 0 bridgehead atoms. The molecule has 4 nitrogen and oxygen atoms in total. The lowest BCUT2D eigenvalue weighted by Gasteiger charge is -2.52. The lowest BCUT2D eigenvalue weighted by atomic mass is 9.87. The Bertz CT molecular complexity index is 613. The number of nitrogens with one attached hydrogen (secondary N) is 1. The summed E-state index contributed by atoms with van der Waals surface area (Å²) in [6.07, 6.45) is 6.43. The highest BCUT2D eigenvalue weighted by Gasteiger charge is 2.45. The van der Waals surface area contributed by atoms with Crippen LogP contribution in [0.5, 0.6) is 5.75 Å². The fourth-order valence-electron chi connectivity index (χ4n) is 3.75. The van der Waals surface area contributed by atoms with E-state index < -0.39 is 0 Å². The van der Waals surface area contributed by atoms with E-state index in [2.05, 4.69) is 27.3 Å². The van der Waals surface area contributed by atoms with Gasteiger partial charge in [0.05, 0.1) is 6.04 Å². The number of pyridine rings is 1. The third-order valence-corrected chi connectivity index (χ3v) is 4.96. The molecule has 2 aromatic rings. The maximum absolute atomic E-state index is 6.26. The summed E-state index contributed by atoms with van der Waals surface area (Å²) in [6, 6.07) is 15.4. The molecule has 0 amide bonds. The third kappa shape index (κ3) is 3.09. The number of nitrogens with zero attached hydrogens (tertiary/aromatic N) is 2. The molecule has 1 N–H and O–H groups in total. The van der Waals surface area contributed by atoms with Gasteiger partial charge in [-0.15, -0.1) is 0 Å². The summed E-state index contributed by atoms with van der Waals surface area (Å²) in [5.41, 5.74) is 1.31. The highest BCUT2D eigenvalue weighted by atomic mass is 16.5. The summed E-state index contributed by atoms with van der Waals surface area (Å²) in [6.45, 7) is 3.25. The Hall–Kier alpha value is -1.91. The normalized spacial score (nSPS) is 25.7. The minimum Gasteiger partial charge on any atom is -0.487 e. The number of benzene rings is 1. The van der Waals surface area contributed by atoms with E-state index >= 15 is 0 Å². The zero-order valence-electron chi connectivity index (χ0n) is 13.3. The van der Waals surface area contributed by atoms with Gasteiger partial charge in [0.15, 0.2) is 0 Å². The van der Waals surface area contributed by atoms with Crippen LogP contribution in [0.15, 0.2) is 54.9 Å². The SMILES string of the molecule is c1ccc(O[C@H]2CN(C3CCNCC3)[C@H]2c2ccncc2)cc1. The van der Waals surface area contributed by atoms with Gasteiger partial charge >= 0.3 is 0 Å². The van der Waals surface area contributed by atoms with Crippen LogP contribution in [0.2, 0.25) is 0 Å². The van der Waals surface area contributed by atoms with E-state index in [1.54, 1.807) is 0 Å². The molecular formula is C19H23N3O. The highest BCUT2D eigenvalue weighted by molar-refractivity contribution is 5.26. The van der Waals surface area contributed by atoms with Gasteiger partial charge in [0.2, 0.25) is 0 Å². The van der Waals surface area contributed by atoms with Gasteiger partial charge in [-0.05, 0) is 55.8 Å². The first-order valence-corrected chi connectivity index (χ1v) is 8.50. The van der Waals surface area contributed by atoms with E-state index in [1.807, 2.05) is 42.7 Å². The van der Waals surface area contributed by atoms with Crippen molar-refractivity contribution >= 4 is 0 Å². The van der Waals surface area contributed by atoms with Crippen LogP contribution < -0.4 is 10.1 Å². The zero-order chi connectivity index (χ0) is 15.5. The van der Waals surface area contributed by atoms with Crippen LogP contribution in [0.4, 0.5) is 0 Å². The maximum atomic E-state index is 6.26. The Morgan fingerprint density at radius 2 is 1.74 bits per heavy atom. The summed E-state index contributed by atoms with van der Waals surface area (Å²) in [5, 5.41) is 3.46. The molecule has 4 heteroatoms. The molecule has 2 atom stereocenters. The number of likely N-dealkylation sites (tertiary alicyclic amines) is 1. The fraction of sp³-hybridized carbons (Fsp3) is 0.421. The standard InChI is InChI=1S/C19H23N3O/c1-2-4-17(5-3-1)23-18-14-22(16-8-12-21-13-9-16)19(18)15-6-10-20-11-7-15/h1-7,10-11,16,18-19,21H,8-9,12-14H2/t18-,19-/m0/s1. The van der Waals surface area contributed by atoms with Crippen LogP contribution >= 0.6 is 0 Å². The van der Waals surface area contributed by atoms with Crippen molar-refractivity contribution in [3.05, 3.63) is 60.4 Å². The average Bonchev–Trinajstić information content (AvgIpc) is 2.61. The topological polar surface area (TPSA) is 37.4 Å². The average molecular weight is 309 g/mol. The van der Waals surface area contributed by atoms with E-state index in [9.17, 15) is 0 Å². The molecular weight excluding hydrogens is 286 g/mol. The van der Waals surface area contributed by atoms with Gasteiger partial charge in [-0.2, -0.15) is 0 Å². The Kier molecular flexibility index (Phi) is 4.26. The molecule has 3 heterocycles. The second-order valence-electron chi connectivity index (χ2n) is 6.37. The molecule has 0 spiro atoms. The number of piperidine rings is 1. The Labute approximate surface area is 137 Å². The van der Waals surface area contributed by atoms with E-state index in [0.29, 0.717) is 12.1 Å². The van der Waals surface area contributed by atoms with Crippen LogP contribution in [0, 0.1) is 0 Å². The number of para-hydroxylation sites is 1. The van der Waals surface area contributed by atoms with Crippen molar-refractivity contribution in [3.63, 3.8) is 0 Å². The minimum absolute atomic E-state index is 0.217. The molecule has 1 aromatic carbocycles. The second kappa shape index (κ2) is 6.69. The van der Waals surface area contributed by atoms with Crippen molar-refractivity contribution in [3.8, 4) is 5.75 Å². The van der Waals surface area contributed by atoms with Crippen molar-refractivity contribution in [2.45, 2.75) is 31.0 Å². The highest BCUT2D eigenvalue weighted by Crippen LogP contribution is 2.39. The molecule has 2 fully saturated rings. The summed E-state index contributed by atoms with van der Waals surface area (Å²) in [5.74, 6) is 0.960. The molecule has 2 aliphatic rings. The predicted molar refractivity (Wildman–Crippen MR) is 90.4 cm³/mol. The van der Waals surface area contributed by atoms with Crippen LogP contribution in [0.1, 0.15) is 24.4 Å². The predicted octanol–water partition coefficient (Wildman–Crippen LogP) is 2.64. The monoisotopic (exact) mass is 309 g/mol. The smallest absolute Gasteiger partial charge is 0.131 e. The van der Waals surface area contributed by atoms with Crippen LogP contribution in [0.25, 0.3) is 0 Å². The lowest BCUT2D eigenvalue weighted by Crippen LogP contribution is -2.61. The van der Waals surface area contributed by atoms with Crippen molar-refractivity contribution in [2.75, 3.05) is 19.6 Å². The summed E-state index contributed by atoms with van der Waals surface area (Å²) in [7, 11) is 0. The first kappa shape index (κ1) is 14.7. The van der Waals surface area contributed by atoms with E-state index in [-0.39, 0.29) is 6.10 Å². The largest absolute Gasteiger partial charge is 0.487 e. The van der Waals surface area contributed by atoms with Crippen molar-refractivity contribution in [1.29, 1.82) is 0 Å². The fourth-order valence-corrected chi connectivity index (χ4v) is 3.75. The molecule has 0 aliphatic carbocycles. The minimum atomic E-state index is 0.217. The number of hydrogen-bond donors (Lipinski definition) is 1. The third-order valence-electron chi connectivity index (χ3n) is 4.96. The van der Waals surface area contributed by atoms with Gasteiger partial charge in [0, 0.05) is 25.0 Å². The summed E-state index contributed by atoms with van der Waals surface area (Å²) < 4.78 is 6.26. The van der Waals surface area contributed by atoms with Crippen molar-refractivity contribution < 1.29 is 4.74 Å². The Morgan fingerprint density at radius 3 is 2.48 bits per heavy atom. The molecule has 23 heavy (non-hydrogen) atoms. The molecule has 2 saturated heterocycles. The van der Waals surface area contributed by atoms with Gasteiger partial charge in [-0.3, -0.25) is 9.88 Å². The number of ether oxygens (including phenoxy) is 1. The van der Waals surface area contributed by atoms with Gasteiger partial charge in [-0.25, -0.2) is 0 Å². The quantitative estimate of drug-likeness (QED) is 0.942. The molecule has 0 saturated carbocycles. The Morgan fingerprint density at radius 1 is 1.00 bits per heavy atom. The molecule has 120 valence electrons. The zero-order valence-corrected chi connectivity index (χ0v) is 13.3. The van der Waals surface area contributed by atoms with Gasteiger partial charge in [0.1, 0.15) is 11.9 Å².